The van der Waals surface area contributed by atoms with Crippen molar-refractivity contribution in [3.8, 4) is 11.3 Å². The number of pyridine rings is 1. The number of H-pyrrole nitrogens is 1. The number of carbonyl (C=O) groups excluding carboxylic acids is 1. The van der Waals surface area contributed by atoms with Gasteiger partial charge in [-0.15, -0.1) is 0 Å². The van der Waals surface area contributed by atoms with E-state index in [9.17, 15) is 9.18 Å². The van der Waals surface area contributed by atoms with Crippen molar-refractivity contribution in [2.75, 3.05) is 31.5 Å². The maximum atomic E-state index is 14.7. The molecular weight excluding hydrogens is 447 g/mol. The van der Waals surface area contributed by atoms with Gasteiger partial charge in [0.2, 0.25) is 12.4 Å². The number of aromatic amines is 1. The van der Waals surface area contributed by atoms with Gasteiger partial charge in [-0.2, -0.15) is 5.10 Å². The zero-order chi connectivity index (χ0) is 24.4. The zero-order valence-corrected chi connectivity index (χ0v) is 19.7. The molecule has 0 aliphatic carbocycles. The predicted molar refractivity (Wildman–Crippen MR) is 132 cm³/mol. The third-order valence-electron chi connectivity index (χ3n) is 6.21. The molecule has 1 fully saturated rings. The molecule has 0 radical (unpaired) electrons. The molecule has 1 aliphatic rings. The summed E-state index contributed by atoms with van der Waals surface area (Å²) in [4.78, 5) is 27.9. The van der Waals surface area contributed by atoms with Crippen LogP contribution in [0.2, 0.25) is 0 Å². The fourth-order valence-electron chi connectivity index (χ4n) is 4.24. The molecule has 0 saturated carbocycles. The van der Waals surface area contributed by atoms with E-state index >= 15 is 0 Å². The van der Waals surface area contributed by atoms with Crippen molar-refractivity contribution in [2.24, 2.45) is 0 Å². The number of benzene rings is 1. The van der Waals surface area contributed by atoms with E-state index in [0.717, 1.165) is 61.3 Å². The number of nitrogens with zero attached hydrogens (tertiary/aromatic N) is 6. The van der Waals surface area contributed by atoms with Crippen molar-refractivity contribution in [1.82, 2.24) is 34.9 Å². The van der Waals surface area contributed by atoms with Gasteiger partial charge < -0.3 is 10.2 Å². The Labute approximate surface area is 202 Å². The lowest BCUT2D eigenvalue weighted by atomic mass is 10.0. The highest BCUT2D eigenvalue weighted by Gasteiger charge is 2.16. The summed E-state index contributed by atoms with van der Waals surface area (Å²) in [6, 6.07) is 9.43. The van der Waals surface area contributed by atoms with E-state index in [1.165, 1.54) is 6.20 Å². The van der Waals surface area contributed by atoms with Crippen LogP contribution in [0.15, 0.2) is 42.7 Å². The summed E-state index contributed by atoms with van der Waals surface area (Å²) in [5.41, 5.74) is 3.78. The largest absolute Gasteiger partial charge is 0.343 e. The van der Waals surface area contributed by atoms with Crippen LogP contribution in [0.4, 0.5) is 16.2 Å². The molecule has 1 saturated heterocycles. The summed E-state index contributed by atoms with van der Waals surface area (Å²) in [7, 11) is 0. The molecule has 3 aromatic heterocycles. The van der Waals surface area contributed by atoms with Gasteiger partial charge in [0.05, 0.1) is 11.7 Å². The Morgan fingerprint density at radius 3 is 2.66 bits per heavy atom. The summed E-state index contributed by atoms with van der Waals surface area (Å²) < 4.78 is 14.7. The van der Waals surface area contributed by atoms with Crippen LogP contribution in [-0.2, 0) is 11.3 Å². The zero-order valence-electron chi connectivity index (χ0n) is 19.7. The highest BCUT2D eigenvalue weighted by Crippen LogP contribution is 2.29. The maximum absolute atomic E-state index is 14.7. The molecule has 35 heavy (non-hydrogen) atoms. The van der Waals surface area contributed by atoms with E-state index in [-0.39, 0.29) is 17.6 Å². The van der Waals surface area contributed by atoms with Gasteiger partial charge in [-0.25, -0.2) is 19.3 Å². The average Bonchev–Trinajstić information content (AvgIpc) is 3.30. The third-order valence-corrected chi connectivity index (χ3v) is 6.21. The van der Waals surface area contributed by atoms with E-state index < -0.39 is 5.82 Å². The number of hydrogen-bond acceptors (Lipinski definition) is 7. The van der Waals surface area contributed by atoms with Gasteiger partial charge in [-0.3, -0.25) is 14.8 Å². The second kappa shape index (κ2) is 9.75. The van der Waals surface area contributed by atoms with Crippen LogP contribution in [-0.4, -0.2) is 67.5 Å². The summed E-state index contributed by atoms with van der Waals surface area (Å²) in [5, 5.41) is 11.4. The van der Waals surface area contributed by atoms with Crippen molar-refractivity contribution < 1.29 is 9.18 Å². The molecule has 0 bridgehead atoms. The van der Waals surface area contributed by atoms with Gasteiger partial charge in [-0.05, 0) is 29.7 Å². The maximum Gasteiger partial charge on any atom is 0.229 e. The third kappa shape index (κ3) is 4.97. The molecule has 2 N–H and O–H groups in total. The Kier molecular flexibility index (Phi) is 6.37. The highest BCUT2D eigenvalue weighted by atomic mass is 19.1. The number of carbonyl (C=O) groups is 1. The standard InChI is InChI=1S/C25H27FN8O/c1-16(2)23-19-11-18(4-5-21(19)31-32-23)24-20(26)13-28-25(30-24)29-22-6-3-17(12-27-22)14-33-7-9-34(15-35)10-8-33/h3-6,11-13,15-16H,7-10,14H2,1-2H3,(H,31,32)(H,27,28,29,30). The molecule has 1 aromatic carbocycles. The van der Waals surface area contributed by atoms with Gasteiger partial charge in [0.25, 0.3) is 0 Å². The van der Waals surface area contributed by atoms with Gasteiger partial charge in [0.1, 0.15) is 11.5 Å². The van der Waals surface area contributed by atoms with Gasteiger partial charge >= 0.3 is 0 Å². The van der Waals surface area contributed by atoms with Crippen molar-refractivity contribution in [2.45, 2.75) is 26.3 Å². The Morgan fingerprint density at radius 2 is 1.94 bits per heavy atom. The molecule has 0 atom stereocenters. The minimum absolute atomic E-state index is 0.214. The normalized spacial score (nSPS) is 14.6. The first kappa shape index (κ1) is 22.9. The summed E-state index contributed by atoms with van der Waals surface area (Å²) in [5.74, 6) is 0.604. The number of piperazine rings is 1. The average molecular weight is 475 g/mol. The van der Waals surface area contributed by atoms with Crippen LogP contribution in [0.1, 0.15) is 31.0 Å². The molecule has 4 heterocycles. The van der Waals surface area contributed by atoms with Gasteiger partial charge in [0, 0.05) is 55.6 Å². The molecule has 10 heteroatoms. The quantitative estimate of drug-likeness (QED) is 0.394. The van der Waals surface area contributed by atoms with Gasteiger partial charge in [-0.1, -0.05) is 26.0 Å². The van der Waals surface area contributed by atoms with Crippen LogP contribution < -0.4 is 5.32 Å². The van der Waals surface area contributed by atoms with Crippen LogP contribution in [0.25, 0.3) is 22.2 Å². The minimum Gasteiger partial charge on any atom is -0.343 e. The second-order valence-corrected chi connectivity index (χ2v) is 9.01. The van der Waals surface area contributed by atoms with Crippen LogP contribution >= 0.6 is 0 Å². The molecule has 0 unspecified atom stereocenters. The Balaban J connectivity index is 1.31. The molecule has 1 aliphatic heterocycles. The first-order valence-electron chi connectivity index (χ1n) is 11.6. The van der Waals surface area contributed by atoms with Crippen LogP contribution in [0, 0.1) is 5.82 Å². The van der Waals surface area contributed by atoms with E-state index in [0.29, 0.717) is 11.4 Å². The van der Waals surface area contributed by atoms with E-state index in [1.807, 2.05) is 30.3 Å². The number of rotatable bonds is 7. The molecule has 1 amide bonds. The number of hydrogen-bond donors (Lipinski definition) is 2. The van der Waals surface area contributed by atoms with E-state index in [4.69, 9.17) is 0 Å². The number of anilines is 2. The first-order chi connectivity index (χ1) is 17.0. The Hall–Kier alpha value is -3.92. The first-order valence-corrected chi connectivity index (χ1v) is 11.6. The molecule has 4 aromatic rings. The van der Waals surface area contributed by atoms with E-state index in [2.05, 4.69) is 49.2 Å². The lowest BCUT2D eigenvalue weighted by Crippen LogP contribution is -2.45. The van der Waals surface area contributed by atoms with Crippen LogP contribution in [0.3, 0.4) is 0 Å². The fourth-order valence-corrected chi connectivity index (χ4v) is 4.24. The van der Waals surface area contributed by atoms with E-state index in [1.54, 1.807) is 11.1 Å². The highest BCUT2D eigenvalue weighted by molar-refractivity contribution is 5.86. The topological polar surface area (TPSA) is 103 Å². The van der Waals surface area contributed by atoms with Gasteiger partial charge in [0.15, 0.2) is 5.82 Å². The molecular formula is C25H27FN8O. The predicted octanol–water partition coefficient (Wildman–Crippen LogP) is 3.70. The number of amides is 1. The van der Waals surface area contributed by atoms with Crippen molar-refractivity contribution in [3.05, 3.63) is 59.8 Å². The Bertz CT molecular complexity index is 1330. The van der Waals surface area contributed by atoms with Crippen molar-refractivity contribution >= 4 is 29.1 Å². The smallest absolute Gasteiger partial charge is 0.229 e. The summed E-state index contributed by atoms with van der Waals surface area (Å²) >= 11 is 0. The fraction of sp³-hybridized carbons (Fsp3) is 0.320. The number of nitrogens with one attached hydrogen (secondary N) is 2. The molecule has 180 valence electrons. The second-order valence-electron chi connectivity index (χ2n) is 9.01. The molecule has 9 nitrogen and oxygen atoms in total. The van der Waals surface area contributed by atoms with Crippen molar-refractivity contribution in [1.29, 1.82) is 0 Å². The Morgan fingerprint density at radius 1 is 1.11 bits per heavy atom. The summed E-state index contributed by atoms with van der Waals surface area (Å²) in [6.45, 7) is 8.10. The monoisotopic (exact) mass is 474 g/mol. The molecule has 0 spiro atoms. The lowest BCUT2D eigenvalue weighted by molar-refractivity contribution is -0.119. The van der Waals surface area contributed by atoms with Crippen LogP contribution in [0.5, 0.6) is 0 Å². The number of halogens is 1. The summed E-state index contributed by atoms with van der Waals surface area (Å²) in [6.07, 6.45) is 3.88. The van der Waals surface area contributed by atoms with Crippen molar-refractivity contribution in [3.63, 3.8) is 0 Å². The molecule has 5 rings (SSSR count). The number of aromatic nitrogens is 5. The SMILES string of the molecule is CC(C)c1[nH]nc2ccc(-c3nc(Nc4ccc(CN5CCN(C=O)CC5)cn4)ncc3F)cc12. The lowest BCUT2D eigenvalue weighted by Gasteiger charge is -2.32. The minimum atomic E-state index is -0.498. The number of fused-ring (bicyclic) bond motifs is 1.